The van der Waals surface area contributed by atoms with Gasteiger partial charge < -0.3 is 14.6 Å². The van der Waals surface area contributed by atoms with Crippen molar-refractivity contribution in [1.82, 2.24) is 9.97 Å². The number of hydrogen-bond donors (Lipinski definition) is 1. The van der Waals surface area contributed by atoms with Crippen molar-refractivity contribution in [2.24, 2.45) is 5.92 Å². The Morgan fingerprint density at radius 1 is 1.44 bits per heavy atom. The van der Waals surface area contributed by atoms with E-state index in [0.717, 1.165) is 6.42 Å². The Labute approximate surface area is 107 Å². The number of nitrogens with one attached hydrogen (secondary N) is 1. The van der Waals surface area contributed by atoms with E-state index in [1.165, 1.54) is 32.7 Å². The Morgan fingerprint density at radius 2 is 2.17 bits per heavy atom. The first kappa shape index (κ1) is 12.9. The summed E-state index contributed by atoms with van der Waals surface area (Å²) in [5, 5.41) is 0. The van der Waals surface area contributed by atoms with Crippen LogP contribution in [0.25, 0.3) is 0 Å². The highest BCUT2D eigenvalue weighted by Gasteiger charge is 2.27. The van der Waals surface area contributed by atoms with Crippen LogP contribution in [-0.4, -0.2) is 30.2 Å². The monoisotopic (exact) mass is 251 g/mol. The van der Waals surface area contributed by atoms with Crippen LogP contribution in [0.2, 0.25) is 0 Å². The maximum absolute atomic E-state index is 11.7. The normalized spacial score (nSPS) is 23.7. The molecule has 5 heteroatoms. The molecule has 1 aliphatic rings. The maximum Gasteiger partial charge on any atom is 0.295 e. The fraction of sp³-hybridized carbons (Fsp3) is 0.692. The van der Waals surface area contributed by atoms with Crippen LogP contribution in [0.4, 0.5) is 5.82 Å². The molecule has 1 aliphatic carbocycles. The first-order valence-electron chi connectivity index (χ1n) is 6.49. The highest BCUT2D eigenvalue weighted by Crippen LogP contribution is 2.31. The topological polar surface area (TPSA) is 58.2 Å². The summed E-state index contributed by atoms with van der Waals surface area (Å²) in [4.78, 5) is 20.6. The SMILES string of the molecule is COc1c(N(C)C2CCCCC2C)nc[nH]c1=O. The molecule has 2 unspecified atom stereocenters. The van der Waals surface area contributed by atoms with Crippen LogP contribution in [0.15, 0.2) is 11.1 Å². The molecule has 1 fully saturated rings. The van der Waals surface area contributed by atoms with Crippen LogP contribution >= 0.6 is 0 Å². The summed E-state index contributed by atoms with van der Waals surface area (Å²) in [7, 11) is 3.50. The van der Waals surface area contributed by atoms with Gasteiger partial charge in [-0.25, -0.2) is 4.98 Å². The molecule has 1 N–H and O–H groups in total. The fourth-order valence-corrected chi connectivity index (χ4v) is 2.84. The van der Waals surface area contributed by atoms with Crippen molar-refractivity contribution in [1.29, 1.82) is 0 Å². The molecule has 0 aliphatic heterocycles. The number of anilines is 1. The highest BCUT2D eigenvalue weighted by atomic mass is 16.5. The molecule has 0 radical (unpaired) electrons. The van der Waals surface area contributed by atoms with Crippen molar-refractivity contribution in [2.75, 3.05) is 19.1 Å². The van der Waals surface area contributed by atoms with Crippen LogP contribution < -0.4 is 15.2 Å². The standard InChI is InChI=1S/C13H21N3O2/c1-9-6-4-5-7-10(9)16(2)12-11(18-3)13(17)15-8-14-12/h8-10H,4-7H2,1-3H3,(H,14,15,17). The number of aromatic nitrogens is 2. The second-order valence-corrected chi connectivity index (χ2v) is 5.03. The molecule has 0 aromatic carbocycles. The lowest BCUT2D eigenvalue weighted by Gasteiger charge is -2.37. The maximum atomic E-state index is 11.7. The van der Waals surface area contributed by atoms with Gasteiger partial charge in [-0.15, -0.1) is 0 Å². The third-order valence-corrected chi connectivity index (χ3v) is 3.89. The van der Waals surface area contributed by atoms with Crippen molar-refractivity contribution in [2.45, 2.75) is 38.6 Å². The molecule has 1 saturated carbocycles. The third-order valence-electron chi connectivity index (χ3n) is 3.89. The van der Waals surface area contributed by atoms with Crippen LogP contribution in [0.1, 0.15) is 32.6 Å². The summed E-state index contributed by atoms with van der Waals surface area (Å²) < 4.78 is 5.18. The molecule has 1 heterocycles. The van der Waals surface area contributed by atoms with E-state index in [4.69, 9.17) is 4.74 Å². The lowest BCUT2D eigenvalue weighted by atomic mass is 9.85. The van der Waals surface area contributed by atoms with Gasteiger partial charge in [-0.3, -0.25) is 4.79 Å². The third kappa shape index (κ3) is 2.35. The van der Waals surface area contributed by atoms with E-state index in [9.17, 15) is 4.79 Å². The van der Waals surface area contributed by atoms with Gasteiger partial charge in [-0.05, 0) is 18.8 Å². The number of hydrogen-bond acceptors (Lipinski definition) is 4. The second-order valence-electron chi connectivity index (χ2n) is 5.03. The molecule has 0 amide bonds. The van der Waals surface area contributed by atoms with E-state index in [2.05, 4.69) is 21.8 Å². The van der Waals surface area contributed by atoms with Gasteiger partial charge in [-0.2, -0.15) is 0 Å². The molecule has 0 saturated heterocycles. The van der Waals surface area contributed by atoms with Gasteiger partial charge >= 0.3 is 0 Å². The Morgan fingerprint density at radius 3 is 2.83 bits per heavy atom. The van der Waals surface area contributed by atoms with Gasteiger partial charge in [-0.1, -0.05) is 19.8 Å². The quantitative estimate of drug-likeness (QED) is 0.890. The van der Waals surface area contributed by atoms with Gasteiger partial charge in [0.25, 0.3) is 5.56 Å². The van der Waals surface area contributed by atoms with E-state index >= 15 is 0 Å². The number of methoxy groups -OCH3 is 1. The predicted octanol–water partition coefficient (Wildman–Crippen LogP) is 1.79. The molecular weight excluding hydrogens is 230 g/mol. The van der Waals surface area contributed by atoms with E-state index in [1.54, 1.807) is 0 Å². The Balaban J connectivity index is 2.30. The molecule has 18 heavy (non-hydrogen) atoms. The van der Waals surface area contributed by atoms with Gasteiger partial charge in [0.05, 0.1) is 13.4 Å². The summed E-state index contributed by atoms with van der Waals surface area (Å²) in [5.74, 6) is 1.56. The molecular formula is C13H21N3O2. The lowest BCUT2D eigenvalue weighted by molar-refractivity contribution is 0.317. The van der Waals surface area contributed by atoms with Crippen molar-refractivity contribution in [3.63, 3.8) is 0 Å². The van der Waals surface area contributed by atoms with E-state index < -0.39 is 0 Å². The minimum Gasteiger partial charge on any atom is -0.489 e. The van der Waals surface area contributed by atoms with E-state index in [-0.39, 0.29) is 5.56 Å². The van der Waals surface area contributed by atoms with Gasteiger partial charge in [0.2, 0.25) is 5.75 Å². The molecule has 5 nitrogen and oxygen atoms in total. The molecule has 100 valence electrons. The minimum atomic E-state index is -0.224. The smallest absolute Gasteiger partial charge is 0.295 e. The summed E-state index contributed by atoms with van der Waals surface area (Å²) in [6.07, 6.45) is 6.36. The average Bonchev–Trinajstić information content (AvgIpc) is 2.38. The van der Waals surface area contributed by atoms with Gasteiger partial charge in [0, 0.05) is 13.1 Å². The molecule has 1 aromatic rings. The second kappa shape index (κ2) is 5.42. The van der Waals surface area contributed by atoms with Crippen molar-refractivity contribution >= 4 is 5.82 Å². The largest absolute Gasteiger partial charge is 0.489 e. The van der Waals surface area contributed by atoms with Crippen LogP contribution in [0.5, 0.6) is 5.75 Å². The Hall–Kier alpha value is -1.52. The summed E-state index contributed by atoms with van der Waals surface area (Å²) in [5.41, 5.74) is -0.224. The van der Waals surface area contributed by atoms with Gasteiger partial charge in [0.1, 0.15) is 0 Å². The zero-order valence-electron chi connectivity index (χ0n) is 11.3. The predicted molar refractivity (Wildman–Crippen MR) is 71.2 cm³/mol. The summed E-state index contributed by atoms with van der Waals surface area (Å²) >= 11 is 0. The molecule has 1 aromatic heterocycles. The van der Waals surface area contributed by atoms with E-state index in [0.29, 0.717) is 23.5 Å². The minimum absolute atomic E-state index is 0.224. The number of aromatic amines is 1. The number of H-pyrrole nitrogens is 1. The molecule has 2 rings (SSSR count). The zero-order chi connectivity index (χ0) is 13.1. The Bertz CT molecular complexity index is 458. The summed E-state index contributed by atoms with van der Waals surface area (Å²) in [6.45, 7) is 2.26. The number of rotatable bonds is 3. The first-order valence-corrected chi connectivity index (χ1v) is 6.49. The van der Waals surface area contributed by atoms with Crippen molar-refractivity contribution in [3.05, 3.63) is 16.7 Å². The molecule has 0 bridgehead atoms. The summed E-state index contributed by atoms with van der Waals surface area (Å²) in [6, 6.07) is 0.432. The highest BCUT2D eigenvalue weighted by molar-refractivity contribution is 5.51. The number of nitrogens with zero attached hydrogens (tertiary/aromatic N) is 2. The van der Waals surface area contributed by atoms with Gasteiger partial charge in [0.15, 0.2) is 5.82 Å². The van der Waals surface area contributed by atoms with Crippen LogP contribution in [-0.2, 0) is 0 Å². The molecule has 0 spiro atoms. The lowest BCUT2D eigenvalue weighted by Crippen LogP contribution is -2.40. The molecule has 2 atom stereocenters. The zero-order valence-corrected chi connectivity index (χ0v) is 11.3. The van der Waals surface area contributed by atoms with E-state index in [1.807, 2.05) is 7.05 Å². The van der Waals surface area contributed by atoms with Crippen molar-refractivity contribution in [3.8, 4) is 5.75 Å². The first-order chi connectivity index (χ1) is 8.65. The fourth-order valence-electron chi connectivity index (χ4n) is 2.84. The van der Waals surface area contributed by atoms with Crippen molar-refractivity contribution < 1.29 is 4.74 Å². The Kier molecular flexibility index (Phi) is 3.89. The average molecular weight is 251 g/mol. The number of ether oxygens (including phenoxy) is 1. The van der Waals surface area contributed by atoms with Crippen LogP contribution in [0.3, 0.4) is 0 Å². The van der Waals surface area contributed by atoms with Crippen LogP contribution in [0, 0.1) is 5.92 Å².